The lowest BCUT2D eigenvalue weighted by Crippen LogP contribution is -2.47. The second kappa shape index (κ2) is 4.11. The number of rotatable bonds is 1. The van der Waals surface area contributed by atoms with E-state index in [0.29, 0.717) is 5.92 Å². The van der Waals surface area contributed by atoms with Gasteiger partial charge in [0.25, 0.3) is 0 Å². The van der Waals surface area contributed by atoms with Crippen LogP contribution in [0, 0.1) is 25.7 Å². The summed E-state index contributed by atoms with van der Waals surface area (Å²) < 4.78 is 0. The zero-order valence-electron chi connectivity index (χ0n) is 10.7. The summed E-state index contributed by atoms with van der Waals surface area (Å²) >= 11 is 1.79. The molecule has 2 rings (SSSR count). The van der Waals surface area contributed by atoms with Gasteiger partial charge in [-0.05, 0) is 38.5 Å². The molecule has 1 aliphatic rings. The molecule has 2 N–H and O–H groups in total. The van der Waals surface area contributed by atoms with E-state index in [1.807, 2.05) is 0 Å². The summed E-state index contributed by atoms with van der Waals surface area (Å²) in [5.41, 5.74) is 7.61. The van der Waals surface area contributed by atoms with Gasteiger partial charge in [-0.3, -0.25) is 0 Å². The van der Waals surface area contributed by atoms with Gasteiger partial charge in [0.2, 0.25) is 0 Å². The fourth-order valence-corrected chi connectivity index (χ4v) is 3.78. The van der Waals surface area contributed by atoms with Crippen LogP contribution in [0.2, 0.25) is 0 Å². The molecule has 0 saturated heterocycles. The Hall–Kier alpha value is -0.410. The van der Waals surface area contributed by atoms with E-state index in [0.717, 1.165) is 23.0 Å². The topological polar surface area (TPSA) is 38.9 Å². The quantitative estimate of drug-likeness (QED) is 0.814. The first-order valence-electron chi connectivity index (χ1n) is 6.17. The van der Waals surface area contributed by atoms with Crippen LogP contribution in [0.5, 0.6) is 0 Å². The van der Waals surface area contributed by atoms with Crippen LogP contribution in [0.1, 0.15) is 48.7 Å². The molecule has 0 spiro atoms. The molecule has 1 heterocycles. The summed E-state index contributed by atoms with van der Waals surface area (Å²) in [6.07, 6.45) is 3.62. The monoisotopic (exact) mass is 238 g/mol. The Morgan fingerprint density at radius 1 is 1.31 bits per heavy atom. The molecule has 3 heteroatoms. The summed E-state index contributed by atoms with van der Waals surface area (Å²) in [7, 11) is 0. The van der Waals surface area contributed by atoms with Crippen LogP contribution in [0.3, 0.4) is 0 Å². The maximum atomic E-state index is 6.64. The summed E-state index contributed by atoms with van der Waals surface area (Å²) in [5.74, 6) is 1.28. The maximum Gasteiger partial charge on any atom is 0.113 e. The predicted molar refractivity (Wildman–Crippen MR) is 69.6 cm³/mol. The second-order valence-corrected chi connectivity index (χ2v) is 6.69. The molecule has 3 atom stereocenters. The van der Waals surface area contributed by atoms with Gasteiger partial charge in [-0.1, -0.05) is 20.3 Å². The molecule has 1 saturated carbocycles. The third-order valence-corrected chi connectivity index (χ3v) is 5.35. The Bertz CT molecular complexity index is 366. The Kier molecular flexibility index (Phi) is 3.10. The minimum atomic E-state index is -0.179. The minimum Gasteiger partial charge on any atom is -0.319 e. The molecule has 0 aromatic carbocycles. The molecule has 0 bridgehead atoms. The standard InChI is InChI=1S/C13H22N2S/c1-8-5-6-9(2)13(14,7-8)12-15-10(3)11(4)16-12/h8-9H,5-7,14H2,1-4H3. The van der Waals surface area contributed by atoms with E-state index in [1.165, 1.54) is 17.7 Å². The van der Waals surface area contributed by atoms with Crippen LogP contribution >= 0.6 is 11.3 Å². The van der Waals surface area contributed by atoms with Crippen molar-refractivity contribution in [2.75, 3.05) is 0 Å². The van der Waals surface area contributed by atoms with Crippen LogP contribution in [0.15, 0.2) is 0 Å². The molecule has 0 amide bonds. The highest BCUT2D eigenvalue weighted by atomic mass is 32.1. The Morgan fingerprint density at radius 2 is 2.00 bits per heavy atom. The van der Waals surface area contributed by atoms with Gasteiger partial charge in [0.1, 0.15) is 5.01 Å². The molecule has 16 heavy (non-hydrogen) atoms. The lowest BCUT2D eigenvalue weighted by Gasteiger charge is -2.40. The summed E-state index contributed by atoms with van der Waals surface area (Å²) in [4.78, 5) is 5.99. The number of aromatic nitrogens is 1. The van der Waals surface area contributed by atoms with Gasteiger partial charge in [0.15, 0.2) is 0 Å². The van der Waals surface area contributed by atoms with Crippen molar-refractivity contribution in [3.63, 3.8) is 0 Å². The molecule has 1 aromatic rings. The number of thiazole rings is 1. The van der Waals surface area contributed by atoms with E-state index in [4.69, 9.17) is 5.73 Å². The number of hydrogen-bond donors (Lipinski definition) is 1. The number of aryl methyl sites for hydroxylation is 2. The normalized spacial score (nSPS) is 35.3. The molecule has 2 nitrogen and oxygen atoms in total. The first kappa shape index (κ1) is 12.1. The van der Waals surface area contributed by atoms with Crippen LogP contribution in [-0.2, 0) is 5.54 Å². The van der Waals surface area contributed by atoms with E-state index in [9.17, 15) is 0 Å². The van der Waals surface area contributed by atoms with Gasteiger partial charge < -0.3 is 5.73 Å². The average Bonchev–Trinajstić information content (AvgIpc) is 2.54. The van der Waals surface area contributed by atoms with Crippen molar-refractivity contribution in [3.05, 3.63) is 15.6 Å². The van der Waals surface area contributed by atoms with Gasteiger partial charge in [-0.15, -0.1) is 11.3 Å². The van der Waals surface area contributed by atoms with Crippen molar-refractivity contribution in [2.45, 2.75) is 52.5 Å². The Morgan fingerprint density at radius 3 is 2.56 bits per heavy atom. The molecule has 90 valence electrons. The lowest BCUT2D eigenvalue weighted by atomic mass is 9.70. The van der Waals surface area contributed by atoms with Crippen molar-refractivity contribution >= 4 is 11.3 Å². The first-order valence-corrected chi connectivity index (χ1v) is 6.98. The van der Waals surface area contributed by atoms with Crippen molar-refractivity contribution in [1.29, 1.82) is 0 Å². The summed E-state index contributed by atoms with van der Waals surface area (Å²) in [6.45, 7) is 8.80. The number of hydrogen-bond acceptors (Lipinski definition) is 3. The van der Waals surface area contributed by atoms with E-state index in [1.54, 1.807) is 11.3 Å². The summed E-state index contributed by atoms with van der Waals surface area (Å²) in [6, 6.07) is 0. The maximum absolute atomic E-state index is 6.64. The second-order valence-electron chi connectivity index (χ2n) is 5.49. The van der Waals surface area contributed by atoms with Crippen LogP contribution in [0.25, 0.3) is 0 Å². The lowest BCUT2D eigenvalue weighted by molar-refractivity contribution is 0.161. The van der Waals surface area contributed by atoms with Gasteiger partial charge in [-0.2, -0.15) is 0 Å². The largest absolute Gasteiger partial charge is 0.319 e. The Balaban J connectivity index is 2.35. The fourth-order valence-electron chi connectivity index (χ4n) is 2.64. The summed E-state index contributed by atoms with van der Waals surface area (Å²) in [5, 5.41) is 1.15. The number of nitrogens with zero attached hydrogens (tertiary/aromatic N) is 1. The zero-order valence-corrected chi connectivity index (χ0v) is 11.5. The molecule has 0 aliphatic heterocycles. The molecule has 1 aliphatic carbocycles. The van der Waals surface area contributed by atoms with E-state index in [2.05, 4.69) is 32.7 Å². The van der Waals surface area contributed by atoms with E-state index in [-0.39, 0.29) is 5.54 Å². The minimum absolute atomic E-state index is 0.179. The van der Waals surface area contributed by atoms with Crippen LogP contribution in [0.4, 0.5) is 0 Å². The molecule has 1 aromatic heterocycles. The van der Waals surface area contributed by atoms with Gasteiger partial charge in [0, 0.05) is 4.88 Å². The molecule has 0 radical (unpaired) electrons. The number of nitrogens with two attached hydrogens (primary N) is 1. The average molecular weight is 238 g/mol. The van der Waals surface area contributed by atoms with Crippen molar-refractivity contribution < 1.29 is 0 Å². The third-order valence-electron chi connectivity index (χ3n) is 4.08. The van der Waals surface area contributed by atoms with Gasteiger partial charge in [-0.25, -0.2) is 4.98 Å². The van der Waals surface area contributed by atoms with Crippen molar-refractivity contribution in [2.24, 2.45) is 17.6 Å². The fraction of sp³-hybridized carbons (Fsp3) is 0.769. The van der Waals surface area contributed by atoms with E-state index < -0.39 is 0 Å². The highest BCUT2D eigenvalue weighted by molar-refractivity contribution is 7.11. The molecule has 3 unspecified atom stereocenters. The van der Waals surface area contributed by atoms with Gasteiger partial charge >= 0.3 is 0 Å². The highest BCUT2D eigenvalue weighted by Gasteiger charge is 2.41. The SMILES string of the molecule is Cc1nc(C2(N)CC(C)CCC2C)sc1C. The first-order chi connectivity index (χ1) is 7.43. The van der Waals surface area contributed by atoms with Crippen molar-refractivity contribution in [3.8, 4) is 0 Å². The smallest absolute Gasteiger partial charge is 0.113 e. The van der Waals surface area contributed by atoms with Crippen LogP contribution < -0.4 is 5.73 Å². The van der Waals surface area contributed by atoms with Gasteiger partial charge in [0.05, 0.1) is 11.2 Å². The zero-order chi connectivity index (χ0) is 11.9. The molecular formula is C13H22N2S. The molecular weight excluding hydrogens is 216 g/mol. The van der Waals surface area contributed by atoms with Crippen LogP contribution in [-0.4, -0.2) is 4.98 Å². The Labute approximate surface area is 102 Å². The van der Waals surface area contributed by atoms with E-state index >= 15 is 0 Å². The molecule has 1 fully saturated rings. The highest BCUT2D eigenvalue weighted by Crippen LogP contribution is 2.43. The third kappa shape index (κ3) is 1.91. The van der Waals surface area contributed by atoms with Crippen molar-refractivity contribution in [1.82, 2.24) is 4.98 Å². The predicted octanol–water partition coefficient (Wildman–Crippen LogP) is 3.37.